The predicted molar refractivity (Wildman–Crippen MR) is 133 cm³/mol. The van der Waals surface area contributed by atoms with Crippen molar-refractivity contribution in [3.63, 3.8) is 0 Å². The summed E-state index contributed by atoms with van der Waals surface area (Å²) in [5, 5.41) is 10.5. The van der Waals surface area contributed by atoms with Crippen molar-refractivity contribution in [2.45, 2.75) is 58.5 Å². The Morgan fingerprint density at radius 2 is 1.62 bits per heavy atom. The normalized spacial score (nSPS) is 13.1. The van der Waals surface area contributed by atoms with Crippen molar-refractivity contribution in [1.82, 2.24) is 26.0 Å². The smallest absolute Gasteiger partial charge is 0.314 e. The molecule has 0 aromatic heterocycles. The van der Waals surface area contributed by atoms with E-state index in [0.29, 0.717) is 25.9 Å². The van der Waals surface area contributed by atoms with Gasteiger partial charge in [-0.15, -0.1) is 0 Å². The minimum atomic E-state index is -3.74. The van der Waals surface area contributed by atoms with Crippen LogP contribution in [0.1, 0.15) is 45.6 Å². The van der Waals surface area contributed by atoms with Crippen LogP contribution < -0.4 is 26.0 Å². The monoisotopic (exact) mass is 497 g/mol. The van der Waals surface area contributed by atoms with Gasteiger partial charge in [0.15, 0.2) is 0 Å². The fourth-order valence-electron chi connectivity index (χ4n) is 3.30. The molecule has 0 heterocycles. The molecule has 5 N–H and O–H groups in total. The van der Waals surface area contributed by atoms with Crippen LogP contribution in [0.4, 0.5) is 4.79 Å². The second kappa shape index (κ2) is 15.3. The molecule has 1 aromatic carbocycles. The molecule has 1 rings (SSSR count). The molecule has 192 valence electrons. The molecule has 0 aliphatic carbocycles. The van der Waals surface area contributed by atoms with Crippen molar-refractivity contribution < 1.29 is 22.8 Å². The highest BCUT2D eigenvalue weighted by Crippen LogP contribution is 2.09. The van der Waals surface area contributed by atoms with Crippen molar-refractivity contribution in [2.75, 3.05) is 25.9 Å². The molecule has 10 nitrogen and oxygen atoms in total. The molecule has 4 amide bonds. The molecule has 0 saturated carbocycles. The third-order valence-electron chi connectivity index (χ3n) is 4.97. The summed E-state index contributed by atoms with van der Waals surface area (Å²) in [6.07, 6.45) is 1.38. The summed E-state index contributed by atoms with van der Waals surface area (Å²) >= 11 is 0. The number of benzene rings is 1. The fourth-order valence-corrected chi connectivity index (χ4v) is 4.64. The summed E-state index contributed by atoms with van der Waals surface area (Å²) in [5.74, 6) is -1.02. The quantitative estimate of drug-likeness (QED) is 0.229. The summed E-state index contributed by atoms with van der Waals surface area (Å²) in [7, 11) is -2.25. The Balaban J connectivity index is 2.74. The van der Waals surface area contributed by atoms with Gasteiger partial charge in [-0.05, 0) is 37.7 Å². The van der Waals surface area contributed by atoms with Gasteiger partial charge >= 0.3 is 6.03 Å². The van der Waals surface area contributed by atoms with Gasteiger partial charge in [-0.1, -0.05) is 44.2 Å². The summed E-state index contributed by atoms with van der Waals surface area (Å²) < 4.78 is 27.7. The number of carbonyl (C=O) groups excluding carboxylic acids is 3. The number of hydrogen-bond donors (Lipinski definition) is 5. The van der Waals surface area contributed by atoms with E-state index in [1.807, 2.05) is 44.2 Å². The molecule has 0 aliphatic heterocycles. The van der Waals surface area contributed by atoms with E-state index in [0.717, 1.165) is 5.56 Å². The van der Waals surface area contributed by atoms with Crippen LogP contribution in [-0.4, -0.2) is 64.2 Å². The Hall–Kier alpha value is -2.66. The van der Waals surface area contributed by atoms with Gasteiger partial charge < -0.3 is 21.3 Å². The maximum Gasteiger partial charge on any atom is 0.314 e. The Labute approximate surface area is 203 Å². The lowest BCUT2D eigenvalue weighted by molar-refractivity contribution is -0.129. The lowest BCUT2D eigenvalue weighted by atomic mass is 10.0. The number of nitrogens with one attached hydrogen (secondary N) is 5. The summed E-state index contributed by atoms with van der Waals surface area (Å²) in [5.41, 5.74) is 0.874. The highest BCUT2D eigenvalue weighted by Gasteiger charge is 2.29. The van der Waals surface area contributed by atoms with Crippen LogP contribution in [0.25, 0.3) is 0 Å². The number of hydrogen-bond acceptors (Lipinski definition) is 5. The molecule has 2 atom stereocenters. The standard InChI is InChI=1S/C23H39N5O5S/c1-5-25-23(31)26-13-9-10-14-34(32,33)28-20(15-17(2)3)22(30)27-19(21(29)24-4)16-18-11-7-6-8-12-18/h6-8,11-12,17,19-20,28H,5,9-10,13-16H2,1-4H3,(H,24,29)(H,27,30)(H2,25,26,31)/t19-,20-/m0/s1. The molecule has 0 aliphatic rings. The Morgan fingerprint density at radius 1 is 0.941 bits per heavy atom. The Kier molecular flexibility index (Phi) is 13.2. The van der Waals surface area contributed by atoms with E-state index in [2.05, 4.69) is 26.0 Å². The van der Waals surface area contributed by atoms with E-state index >= 15 is 0 Å². The highest BCUT2D eigenvalue weighted by molar-refractivity contribution is 7.89. The molecule has 11 heteroatoms. The van der Waals surface area contributed by atoms with Crippen LogP contribution in [0, 0.1) is 5.92 Å². The third kappa shape index (κ3) is 12.0. The maximum atomic E-state index is 13.0. The van der Waals surface area contributed by atoms with Gasteiger partial charge in [0.2, 0.25) is 21.8 Å². The summed E-state index contributed by atoms with van der Waals surface area (Å²) in [6, 6.07) is 7.15. The predicted octanol–water partition coefficient (Wildman–Crippen LogP) is 0.893. The SMILES string of the molecule is CCNC(=O)NCCCCS(=O)(=O)N[C@@H](CC(C)C)C(=O)N[C@@H](Cc1ccccc1)C(=O)NC. The number of unbranched alkanes of at least 4 members (excludes halogenated alkanes) is 1. The minimum absolute atomic E-state index is 0.0484. The van der Waals surface area contributed by atoms with Gasteiger partial charge in [-0.3, -0.25) is 9.59 Å². The van der Waals surface area contributed by atoms with E-state index in [9.17, 15) is 22.8 Å². The Morgan fingerprint density at radius 3 is 2.21 bits per heavy atom. The van der Waals surface area contributed by atoms with Crippen LogP contribution in [0.5, 0.6) is 0 Å². The van der Waals surface area contributed by atoms with Crippen LogP contribution in [0.2, 0.25) is 0 Å². The number of sulfonamides is 1. The lowest BCUT2D eigenvalue weighted by Crippen LogP contribution is -2.54. The van der Waals surface area contributed by atoms with Crippen molar-refractivity contribution in [3.05, 3.63) is 35.9 Å². The van der Waals surface area contributed by atoms with Crippen LogP contribution >= 0.6 is 0 Å². The number of likely N-dealkylation sites (N-methyl/N-ethyl adjacent to an activating group) is 1. The fraction of sp³-hybridized carbons (Fsp3) is 0.609. The topological polar surface area (TPSA) is 146 Å². The molecule has 34 heavy (non-hydrogen) atoms. The van der Waals surface area contributed by atoms with Gasteiger partial charge in [-0.2, -0.15) is 0 Å². The largest absolute Gasteiger partial charge is 0.357 e. The Bertz CT molecular complexity index is 877. The zero-order chi connectivity index (χ0) is 25.6. The second-order valence-corrected chi connectivity index (χ2v) is 10.4. The number of amides is 4. The zero-order valence-electron chi connectivity index (χ0n) is 20.5. The molecule has 0 fully saturated rings. The molecule has 1 aromatic rings. The van der Waals surface area contributed by atoms with E-state index in [1.165, 1.54) is 7.05 Å². The summed E-state index contributed by atoms with van der Waals surface area (Å²) in [4.78, 5) is 36.8. The van der Waals surface area contributed by atoms with E-state index in [4.69, 9.17) is 0 Å². The molecule has 0 saturated heterocycles. The number of rotatable bonds is 15. The van der Waals surface area contributed by atoms with E-state index in [1.54, 1.807) is 6.92 Å². The zero-order valence-corrected chi connectivity index (χ0v) is 21.3. The first-order valence-corrected chi connectivity index (χ1v) is 13.3. The number of urea groups is 1. The maximum absolute atomic E-state index is 13.0. The van der Waals surface area contributed by atoms with Crippen LogP contribution in [0.15, 0.2) is 30.3 Å². The first-order chi connectivity index (χ1) is 16.1. The molecular weight excluding hydrogens is 458 g/mol. The van der Waals surface area contributed by atoms with Crippen molar-refractivity contribution in [3.8, 4) is 0 Å². The lowest BCUT2D eigenvalue weighted by Gasteiger charge is -2.24. The van der Waals surface area contributed by atoms with E-state index < -0.39 is 28.0 Å². The molecule has 0 radical (unpaired) electrons. The van der Waals surface area contributed by atoms with Gasteiger partial charge in [0.25, 0.3) is 0 Å². The van der Waals surface area contributed by atoms with Gasteiger partial charge in [-0.25, -0.2) is 17.9 Å². The van der Waals surface area contributed by atoms with Gasteiger partial charge in [0, 0.05) is 26.6 Å². The average molecular weight is 498 g/mol. The molecular formula is C23H39N5O5S. The highest BCUT2D eigenvalue weighted by atomic mass is 32.2. The van der Waals surface area contributed by atoms with Gasteiger partial charge in [0.05, 0.1) is 5.75 Å². The molecule has 0 unspecified atom stereocenters. The first-order valence-electron chi connectivity index (χ1n) is 11.7. The van der Waals surface area contributed by atoms with Crippen molar-refractivity contribution >= 4 is 27.9 Å². The minimum Gasteiger partial charge on any atom is -0.357 e. The van der Waals surface area contributed by atoms with Crippen molar-refractivity contribution in [1.29, 1.82) is 0 Å². The third-order valence-corrected chi connectivity index (χ3v) is 6.44. The van der Waals surface area contributed by atoms with Gasteiger partial charge in [0.1, 0.15) is 12.1 Å². The number of carbonyl (C=O) groups is 3. The van der Waals surface area contributed by atoms with Crippen LogP contribution in [0.3, 0.4) is 0 Å². The molecule has 0 spiro atoms. The second-order valence-electron chi connectivity index (χ2n) is 8.48. The first kappa shape index (κ1) is 29.4. The average Bonchev–Trinajstić information content (AvgIpc) is 2.77. The van der Waals surface area contributed by atoms with Crippen LogP contribution in [-0.2, 0) is 26.0 Å². The molecule has 0 bridgehead atoms. The van der Waals surface area contributed by atoms with E-state index in [-0.39, 0.29) is 36.5 Å². The summed E-state index contributed by atoms with van der Waals surface area (Å²) in [6.45, 7) is 6.45. The van der Waals surface area contributed by atoms with Crippen molar-refractivity contribution in [2.24, 2.45) is 5.92 Å².